The normalized spacial score (nSPS) is 10.4. The third-order valence-electron chi connectivity index (χ3n) is 0.960. The van der Waals surface area contributed by atoms with Crippen LogP contribution < -0.4 is 0 Å². The first-order chi connectivity index (χ1) is 4.70. The molecule has 0 N–H and O–H groups in total. The number of aromatic nitrogens is 1. The Morgan fingerprint density at radius 3 is 2.40 bits per heavy atom. The van der Waals surface area contributed by atoms with Gasteiger partial charge < -0.3 is 0 Å². The minimum Gasteiger partial charge on any atom is -0.244 e. The van der Waals surface area contributed by atoms with Gasteiger partial charge in [-0.2, -0.15) is 0 Å². The molecular weight excluding hydrogens is 326 g/mol. The highest BCUT2D eigenvalue weighted by Gasteiger charge is 2.02. The maximum atomic E-state index is 4.20. The average Bonchev–Trinajstić information content (AvgIpc) is 1.88. The molecule has 0 saturated carbocycles. The van der Waals surface area contributed by atoms with E-state index in [1.807, 2.05) is 18.2 Å². The molecule has 0 atom stereocenters. The van der Waals surface area contributed by atoms with Crippen LogP contribution in [0.15, 0.2) is 22.8 Å². The van der Waals surface area contributed by atoms with Crippen molar-refractivity contribution < 1.29 is 0 Å². The van der Waals surface area contributed by atoms with Crippen molar-refractivity contribution in [1.82, 2.24) is 4.98 Å². The number of hydrogen-bond acceptors (Lipinski definition) is 1. The van der Waals surface area contributed by atoms with Gasteiger partial charge in [0.1, 0.15) is 8.34 Å². The lowest BCUT2D eigenvalue weighted by Gasteiger charge is -1.99. The second kappa shape index (κ2) is 3.83. The number of nitrogens with zero attached hydrogens (tertiary/aromatic N) is 1. The summed E-state index contributed by atoms with van der Waals surface area (Å²) in [5, 5.41) is 0. The first-order valence-electron chi connectivity index (χ1n) is 2.61. The molecule has 0 unspecified atom stereocenters. The summed E-state index contributed by atoms with van der Waals surface area (Å²) in [6.45, 7) is 0. The van der Waals surface area contributed by atoms with E-state index in [1.54, 1.807) is 0 Å². The lowest BCUT2D eigenvalue weighted by atomic mass is 10.4. The molecule has 0 fully saturated rings. The second-order valence-corrected chi connectivity index (χ2v) is 5.56. The molecule has 1 rings (SSSR count). The molecule has 0 aliphatic rings. The Hall–Kier alpha value is 0.590. The van der Waals surface area contributed by atoms with E-state index in [0.29, 0.717) is 0 Å². The monoisotopic (exact) mass is 327 g/mol. The van der Waals surface area contributed by atoms with Crippen LogP contribution in [-0.4, -0.2) is 4.98 Å². The van der Waals surface area contributed by atoms with Gasteiger partial charge >= 0.3 is 0 Å². The van der Waals surface area contributed by atoms with Crippen LogP contribution in [0.4, 0.5) is 0 Å². The zero-order valence-corrected chi connectivity index (χ0v) is 9.65. The summed E-state index contributed by atoms with van der Waals surface area (Å²) in [7, 11) is 0. The lowest BCUT2D eigenvalue weighted by Crippen LogP contribution is -1.85. The summed E-state index contributed by atoms with van der Waals surface area (Å²) >= 11 is 9.98. The highest BCUT2D eigenvalue weighted by atomic mass is 79.9. The molecule has 0 aliphatic carbocycles. The molecule has 1 aromatic heterocycles. The maximum absolute atomic E-state index is 4.20. The molecule has 4 heteroatoms. The molecule has 10 heavy (non-hydrogen) atoms. The topological polar surface area (TPSA) is 12.9 Å². The predicted octanol–water partition coefficient (Wildman–Crippen LogP) is 3.63. The summed E-state index contributed by atoms with van der Waals surface area (Å²) in [5.41, 5.74) is 0.967. The molecule has 0 amide bonds. The third kappa shape index (κ3) is 2.32. The highest BCUT2D eigenvalue weighted by Crippen LogP contribution is 2.27. The molecular formula is C6H4Br3N. The molecule has 0 bridgehead atoms. The number of pyridine rings is 1. The van der Waals surface area contributed by atoms with Crippen LogP contribution in [-0.2, 0) is 0 Å². The van der Waals surface area contributed by atoms with Crippen molar-refractivity contribution in [2.75, 3.05) is 0 Å². The van der Waals surface area contributed by atoms with Gasteiger partial charge in [-0.15, -0.1) is 0 Å². The maximum Gasteiger partial charge on any atom is 0.112 e. The molecule has 54 valence electrons. The van der Waals surface area contributed by atoms with Crippen molar-refractivity contribution in [3.05, 3.63) is 28.5 Å². The van der Waals surface area contributed by atoms with E-state index in [0.717, 1.165) is 10.3 Å². The van der Waals surface area contributed by atoms with Crippen LogP contribution >= 0.6 is 47.8 Å². The van der Waals surface area contributed by atoms with Gasteiger partial charge in [-0.25, -0.2) is 4.98 Å². The highest BCUT2D eigenvalue weighted by molar-refractivity contribution is 9.24. The van der Waals surface area contributed by atoms with Crippen LogP contribution in [0.2, 0.25) is 0 Å². The standard InChI is InChI=1S/C6H4Br3N/c7-5-3-1-2-4(10-5)6(8)9/h1-3,6H. The third-order valence-corrected chi connectivity index (χ3v) is 2.34. The molecule has 0 saturated heterocycles. The van der Waals surface area contributed by atoms with E-state index in [-0.39, 0.29) is 3.74 Å². The van der Waals surface area contributed by atoms with Gasteiger partial charge in [-0.05, 0) is 28.1 Å². The summed E-state index contributed by atoms with van der Waals surface area (Å²) < 4.78 is 0.992. The lowest BCUT2D eigenvalue weighted by molar-refractivity contribution is 1.15. The summed E-state index contributed by atoms with van der Waals surface area (Å²) in [4.78, 5) is 4.20. The van der Waals surface area contributed by atoms with Gasteiger partial charge in [0.05, 0.1) is 5.69 Å². The smallest absolute Gasteiger partial charge is 0.112 e. The van der Waals surface area contributed by atoms with Gasteiger partial charge in [0.15, 0.2) is 0 Å². The quantitative estimate of drug-likeness (QED) is 0.566. The van der Waals surface area contributed by atoms with E-state index >= 15 is 0 Å². The fourth-order valence-electron chi connectivity index (χ4n) is 0.546. The first kappa shape index (κ1) is 8.68. The summed E-state index contributed by atoms with van der Waals surface area (Å²) in [5.74, 6) is 0. The van der Waals surface area contributed by atoms with Crippen LogP contribution in [0.25, 0.3) is 0 Å². The van der Waals surface area contributed by atoms with Gasteiger partial charge in [-0.3, -0.25) is 0 Å². The van der Waals surface area contributed by atoms with Crippen LogP contribution in [0, 0.1) is 0 Å². The second-order valence-electron chi connectivity index (χ2n) is 1.69. The molecule has 1 aromatic rings. The van der Waals surface area contributed by atoms with Gasteiger partial charge in [0, 0.05) is 0 Å². The SMILES string of the molecule is Brc1cccc(C(Br)Br)n1. The van der Waals surface area contributed by atoms with Crippen molar-refractivity contribution in [3.8, 4) is 0 Å². The van der Waals surface area contributed by atoms with Gasteiger partial charge in [0.25, 0.3) is 0 Å². The van der Waals surface area contributed by atoms with Crippen molar-refractivity contribution >= 4 is 47.8 Å². The Morgan fingerprint density at radius 2 is 2.00 bits per heavy atom. The zero-order chi connectivity index (χ0) is 7.56. The minimum absolute atomic E-state index is 0.137. The van der Waals surface area contributed by atoms with E-state index in [9.17, 15) is 0 Å². The fraction of sp³-hybridized carbons (Fsp3) is 0.167. The van der Waals surface area contributed by atoms with Crippen LogP contribution in [0.5, 0.6) is 0 Å². The Kier molecular flexibility index (Phi) is 3.33. The number of rotatable bonds is 1. The van der Waals surface area contributed by atoms with E-state index in [2.05, 4.69) is 52.8 Å². The molecule has 1 nitrogen and oxygen atoms in total. The molecule has 0 radical (unpaired) electrons. The molecule has 0 spiro atoms. The van der Waals surface area contributed by atoms with Gasteiger partial charge in [-0.1, -0.05) is 37.9 Å². The molecule has 1 heterocycles. The fourth-order valence-corrected chi connectivity index (χ4v) is 1.41. The first-order valence-corrected chi connectivity index (χ1v) is 5.23. The summed E-state index contributed by atoms with van der Waals surface area (Å²) in [6, 6.07) is 5.78. The predicted molar refractivity (Wildman–Crippen MR) is 52.5 cm³/mol. The Balaban J connectivity index is 2.96. The Morgan fingerprint density at radius 1 is 1.30 bits per heavy atom. The van der Waals surface area contributed by atoms with Crippen LogP contribution in [0.3, 0.4) is 0 Å². The van der Waals surface area contributed by atoms with E-state index in [4.69, 9.17) is 0 Å². The minimum atomic E-state index is 0.137. The van der Waals surface area contributed by atoms with Gasteiger partial charge in [0.2, 0.25) is 0 Å². The molecule has 0 aliphatic heterocycles. The van der Waals surface area contributed by atoms with E-state index < -0.39 is 0 Å². The zero-order valence-electron chi connectivity index (χ0n) is 4.89. The van der Waals surface area contributed by atoms with Crippen molar-refractivity contribution in [2.24, 2.45) is 0 Å². The molecule has 0 aromatic carbocycles. The van der Waals surface area contributed by atoms with Crippen LogP contribution in [0.1, 0.15) is 9.43 Å². The summed E-state index contributed by atoms with van der Waals surface area (Å²) in [6.07, 6.45) is 0. The largest absolute Gasteiger partial charge is 0.244 e. The van der Waals surface area contributed by atoms with Crippen molar-refractivity contribution in [1.29, 1.82) is 0 Å². The van der Waals surface area contributed by atoms with Crippen molar-refractivity contribution in [3.63, 3.8) is 0 Å². The number of hydrogen-bond donors (Lipinski definition) is 0. The number of halogens is 3. The van der Waals surface area contributed by atoms with Crippen molar-refractivity contribution in [2.45, 2.75) is 3.74 Å². The Labute approximate surface area is 84.6 Å². The average molecular weight is 330 g/mol. The Bertz CT molecular complexity index is 224. The number of alkyl halides is 2. The van der Waals surface area contributed by atoms with E-state index in [1.165, 1.54) is 0 Å².